The van der Waals surface area contributed by atoms with Crippen LogP contribution in [-0.4, -0.2) is 24.4 Å². The highest BCUT2D eigenvalue weighted by Gasteiger charge is 2.38. The Morgan fingerprint density at radius 1 is 1.24 bits per heavy atom. The summed E-state index contributed by atoms with van der Waals surface area (Å²) < 4.78 is 26.9. The van der Waals surface area contributed by atoms with Crippen LogP contribution in [0.15, 0.2) is 18.2 Å². The topological polar surface area (TPSA) is 49.4 Å². The molecule has 2 amide bonds. The van der Waals surface area contributed by atoms with Crippen molar-refractivity contribution in [1.29, 1.82) is 0 Å². The zero-order chi connectivity index (χ0) is 15.8. The number of halogens is 2. The van der Waals surface area contributed by atoms with Crippen LogP contribution in [0.25, 0.3) is 0 Å². The average molecular weight is 296 g/mol. The Hall–Kier alpha value is -1.98. The zero-order valence-corrected chi connectivity index (χ0v) is 12.2. The van der Waals surface area contributed by atoms with E-state index in [4.69, 9.17) is 0 Å². The molecule has 1 aliphatic rings. The number of hydrogen-bond donors (Lipinski definition) is 1. The smallest absolute Gasteiger partial charge is 0.250 e. The molecule has 114 valence electrons. The molecular weight excluding hydrogens is 278 g/mol. The van der Waals surface area contributed by atoms with E-state index in [0.29, 0.717) is 0 Å². The molecule has 6 heteroatoms. The Bertz CT molecular complexity index is 582. The molecule has 1 saturated heterocycles. The van der Waals surface area contributed by atoms with Crippen molar-refractivity contribution in [3.05, 3.63) is 29.8 Å². The van der Waals surface area contributed by atoms with Crippen molar-refractivity contribution in [3.63, 3.8) is 0 Å². The van der Waals surface area contributed by atoms with Gasteiger partial charge >= 0.3 is 0 Å². The number of amides is 2. The first-order valence-corrected chi connectivity index (χ1v) is 6.76. The van der Waals surface area contributed by atoms with E-state index in [9.17, 15) is 18.4 Å². The van der Waals surface area contributed by atoms with E-state index in [0.717, 1.165) is 12.1 Å². The van der Waals surface area contributed by atoms with Gasteiger partial charge in [-0.25, -0.2) is 8.78 Å². The van der Waals surface area contributed by atoms with Crippen molar-refractivity contribution in [2.75, 3.05) is 11.4 Å². The Labute approximate surface area is 122 Å². The molecule has 0 spiro atoms. The zero-order valence-electron chi connectivity index (χ0n) is 12.2. The molecule has 1 aromatic rings. The van der Waals surface area contributed by atoms with Gasteiger partial charge in [-0.15, -0.1) is 0 Å². The third-order valence-electron chi connectivity index (χ3n) is 3.45. The van der Waals surface area contributed by atoms with Gasteiger partial charge < -0.3 is 10.2 Å². The first-order valence-electron chi connectivity index (χ1n) is 6.76. The Morgan fingerprint density at radius 3 is 2.48 bits per heavy atom. The van der Waals surface area contributed by atoms with Crippen LogP contribution >= 0.6 is 0 Å². The lowest BCUT2D eigenvalue weighted by atomic mass is 9.86. The number of nitrogens with one attached hydrogen (secondary N) is 1. The molecule has 1 aliphatic heterocycles. The molecule has 4 nitrogen and oxygen atoms in total. The first-order chi connectivity index (χ1) is 9.70. The second-order valence-electron chi connectivity index (χ2n) is 6.20. The number of anilines is 1. The molecule has 0 radical (unpaired) electrons. The molecule has 1 unspecified atom stereocenters. The highest BCUT2D eigenvalue weighted by Crippen LogP contribution is 2.27. The van der Waals surface area contributed by atoms with Gasteiger partial charge in [0.1, 0.15) is 17.7 Å². The minimum absolute atomic E-state index is 0.00727. The van der Waals surface area contributed by atoms with Crippen molar-refractivity contribution in [3.8, 4) is 0 Å². The maximum absolute atomic E-state index is 13.9. The summed E-state index contributed by atoms with van der Waals surface area (Å²) in [6.45, 7) is 5.53. The molecule has 0 aliphatic carbocycles. The molecule has 1 fully saturated rings. The summed E-state index contributed by atoms with van der Waals surface area (Å²) in [5.41, 5.74) is -0.515. The number of benzene rings is 1. The predicted molar refractivity (Wildman–Crippen MR) is 74.7 cm³/mol. The largest absolute Gasteiger partial charge is 0.344 e. The number of hydrogen-bond acceptors (Lipinski definition) is 2. The van der Waals surface area contributed by atoms with Gasteiger partial charge in [0.15, 0.2) is 0 Å². The Kier molecular flexibility index (Phi) is 3.98. The van der Waals surface area contributed by atoms with Crippen LogP contribution in [0, 0.1) is 17.0 Å². The lowest BCUT2D eigenvalue weighted by Crippen LogP contribution is -2.52. The molecule has 0 aromatic heterocycles. The number of rotatable bonds is 1. The lowest BCUT2D eigenvalue weighted by Gasteiger charge is -2.32. The molecule has 1 aromatic carbocycles. The van der Waals surface area contributed by atoms with Gasteiger partial charge in [-0.05, 0) is 17.5 Å². The molecule has 0 saturated carbocycles. The van der Waals surface area contributed by atoms with Crippen molar-refractivity contribution in [1.82, 2.24) is 5.32 Å². The van der Waals surface area contributed by atoms with Gasteiger partial charge in [0.05, 0.1) is 5.69 Å². The third-order valence-corrected chi connectivity index (χ3v) is 3.45. The van der Waals surface area contributed by atoms with Crippen molar-refractivity contribution in [2.45, 2.75) is 33.2 Å². The molecule has 0 bridgehead atoms. The number of carbonyl (C=O) groups is 2. The average Bonchev–Trinajstić information content (AvgIpc) is 2.50. The van der Waals surface area contributed by atoms with Gasteiger partial charge in [-0.2, -0.15) is 0 Å². The fraction of sp³-hybridized carbons (Fsp3) is 0.467. The van der Waals surface area contributed by atoms with E-state index in [1.54, 1.807) is 0 Å². The van der Waals surface area contributed by atoms with Crippen LogP contribution in [0.1, 0.15) is 27.2 Å². The summed E-state index contributed by atoms with van der Waals surface area (Å²) >= 11 is 0. The summed E-state index contributed by atoms with van der Waals surface area (Å²) in [5, 5.41) is 2.67. The third kappa shape index (κ3) is 3.20. The Morgan fingerprint density at radius 2 is 1.90 bits per heavy atom. The van der Waals surface area contributed by atoms with Gasteiger partial charge in [0.25, 0.3) is 0 Å². The highest BCUT2D eigenvalue weighted by molar-refractivity contribution is 6.01. The van der Waals surface area contributed by atoms with Crippen molar-refractivity contribution in [2.24, 2.45) is 5.41 Å². The van der Waals surface area contributed by atoms with Gasteiger partial charge in [0.2, 0.25) is 11.8 Å². The lowest BCUT2D eigenvalue weighted by molar-refractivity contribution is -0.127. The number of carbonyl (C=O) groups excluding carboxylic acids is 2. The quantitative estimate of drug-likeness (QED) is 0.864. The van der Waals surface area contributed by atoms with E-state index in [-0.39, 0.29) is 30.5 Å². The van der Waals surface area contributed by atoms with Crippen LogP contribution in [0.5, 0.6) is 0 Å². The van der Waals surface area contributed by atoms with Gasteiger partial charge in [-0.1, -0.05) is 20.8 Å². The second kappa shape index (κ2) is 5.42. The van der Waals surface area contributed by atoms with Crippen LogP contribution in [-0.2, 0) is 9.59 Å². The SMILES string of the molecule is CC(C)(C)C1NC(=O)CCN(c2ccc(F)cc2F)C1=O. The molecule has 1 heterocycles. The normalized spacial score (nSPS) is 20.2. The summed E-state index contributed by atoms with van der Waals surface area (Å²) in [7, 11) is 0. The minimum atomic E-state index is -0.814. The standard InChI is InChI=1S/C15H18F2N2O2/c1-15(2,3)13-14(21)19(7-6-12(20)18-13)11-5-4-9(16)8-10(11)17/h4-5,8,13H,6-7H2,1-3H3,(H,18,20). The first kappa shape index (κ1) is 15.4. The maximum atomic E-state index is 13.9. The second-order valence-corrected chi connectivity index (χ2v) is 6.20. The summed E-state index contributed by atoms with van der Waals surface area (Å²) in [6, 6.07) is 2.29. The summed E-state index contributed by atoms with van der Waals surface area (Å²) in [4.78, 5) is 25.6. The fourth-order valence-corrected chi connectivity index (χ4v) is 2.30. The van der Waals surface area contributed by atoms with Crippen LogP contribution < -0.4 is 10.2 Å². The monoisotopic (exact) mass is 296 g/mol. The predicted octanol–water partition coefficient (Wildman–Crippen LogP) is 2.23. The van der Waals surface area contributed by atoms with E-state index in [1.807, 2.05) is 20.8 Å². The highest BCUT2D eigenvalue weighted by atomic mass is 19.1. The molecular formula is C15H18F2N2O2. The molecule has 2 rings (SSSR count). The van der Waals surface area contributed by atoms with E-state index >= 15 is 0 Å². The van der Waals surface area contributed by atoms with Crippen molar-refractivity contribution < 1.29 is 18.4 Å². The molecule has 21 heavy (non-hydrogen) atoms. The van der Waals surface area contributed by atoms with E-state index in [2.05, 4.69) is 5.32 Å². The molecule has 1 atom stereocenters. The maximum Gasteiger partial charge on any atom is 0.250 e. The minimum Gasteiger partial charge on any atom is -0.344 e. The Balaban J connectivity index is 2.42. The van der Waals surface area contributed by atoms with Crippen LogP contribution in [0.2, 0.25) is 0 Å². The fourth-order valence-electron chi connectivity index (χ4n) is 2.30. The summed E-state index contributed by atoms with van der Waals surface area (Å²) in [6.07, 6.45) is 0.0785. The van der Waals surface area contributed by atoms with Crippen molar-refractivity contribution >= 4 is 17.5 Å². The van der Waals surface area contributed by atoms with E-state index in [1.165, 1.54) is 11.0 Å². The summed E-state index contributed by atoms with van der Waals surface area (Å²) in [5.74, 6) is -2.17. The number of nitrogens with zero attached hydrogens (tertiary/aromatic N) is 1. The van der Waals surface area contributed by atoms with Gasteiger partial charge in [-0.3, -0.25) is 9.59 Å². The molecule has 1 N–H and O–H groups in total. The van der Waals surface area contributed by atoms with Crippen LogP contribution in [0.3, 0.4) is 0 Å². The van der Waals surface area contributed by atoms with E-state index < -0.39 is 23.1 Å². The van der Waals surface area contributed by atoms with Crippen LogP contribution in [0.4, 0.5) is 14.5 Å². The van der Waals surface area contributed by atoms with Gasteiger partial charge in [0, 0.05) is 19.0 Å².